The Morgan fingerprint density at radius 1 is 0.782 bits per heavy atom. The fourth-order valence-electron chi connectivity index (χ4n) is 9.59. The average Bonchev–Trinajstić information content (AvgIpc) is 3.57. The average molecular weight is 793 g/mol. The lowest BCUT2D eigenvalue weighted by molar-refractivity contribution is -0.138. The van der Waals surface area contributed by atoms with Gasteiger partial charge in [0.15, 0.2) is 0 Å². The monoisotopic (exact) mass is 791 g/mol. The fraction of sp³-hybridized carbons (Fsp3) is 0.209. The van der Waals surface area contributed by atoms with E-state index < -0.39 is 46.8 Å². The van der Waals surface area contributed by atoms with E-state index in [0.717, 1.165) is 10.6 Å². The Bertz CT molecular complexity index is 2490. The maximum atomic E-state index is 15.6. The van der Waals surface area contributed by atoms with Crippen LogP contribution in [-0.2, 0) is 24.6 Å². The Morgan fingerprint density at radius 3 is 2.20 bits per heavy atom. The second-order valence-electron chi connectivity index (χ2n) is 14.4. The molecule has 2 saturated heterocycles. The Kier molecular flexibility index (Phi) is 8.45. The van der Waals surface area contributed by atoms with E-state index in [0.29, 0.717) is 49.1 Å². The first-order valence-electron chi connectivity index (χ1n) is 17.8. The predicted molar refractivity (Wildman–Crippen MR) is 210 cm³/mol. The number of halogens is 3. The molecule has 6 atom stereocenters. The van der Waals surface area contributed by atoms with Crippen molar-refractivity contribution < 1.29 is 29.0 Å². The molecule has 0 spiro atoms. The molecule has 6 unspecified atom stereocenters. The van der Waals surface area contributed by atoms with Crippen LogP contribution in [0.4, 0.5) is 11.4 Å². The van der Waals surface area contributed by atoms with Gasteiger partial charge in [-0.15, -0.1) is 0 Å². The summed E-state index contributed by atoms with van der Waals surface area (Å²) in [5, 5.41) is 14.4. The number of nitrogens with zero attached hydrogens (tertiary/aromatic N) is 2. The summed E-state index contributed by atoms with van der Waals surface area (Å²) in [5.74, 6) is -4.94. The summed E-state index contributed by atoms with van der Waals surface area (Å²) in [5.41, 5.74) is 4.25. The molecule has 9 nitrogen and oxygen atoms in total. The molecule has 5 aromatic rings. The number of hydrogen-bond acceptors (Lipinski definition) is 7. The molecule has 4 amide bonds. The van der Waals surface area contributed by atoms with Crippen LogP contribution in [0.25, 0.3) is 10.8 Å². The Morgan fingerprint density at radius 2 is 1.49 bits per heavy atom. The van der Waals surface area contributed by atoms with E-state index >= 15 is 9.59 Å². The Labute approximate surface area is 331 Å². The molecule has 2 aliphatic heterocycles. The van der Waals surface area contributed by atoms with Gasteiger partial charge in [-0.1, -0.05) is 88.9 Å². The number of nitrogens with one attached hydrogen (secondary N) is 1. The highest BCUT2D eigenvalue weighted by Crippen LogP contribution is 2.65. The number of phenolic OH excluding ortho intramolecular Hbond substituents is 1. The van der Waals surface area contributed by atoms with Crippen molar-refractivity contribution in [3.05, 3.63) is 141 Å². The first-order valence-corrected chi connectivity index (χ1v) is 19.0. The normalized spacial score (nSPS) is 25.8. The van der Waals surface area contributed by atoms with Crippen LogP contribution in [0.3, 0.4) is 0 Å². The SMILES string of the molecule is COc1ccc(C23C(=O)N(Nc4ccc(Cl)cc4Cl)C(=O)C2CC2C(=CCC4C(=O)N(c5ccc(Cl)cc5)C(=O)C42)C3c2ccc(O)c3ccccc23)cc1. The molecule has 1 saturated carbocycles. The van der Waals surface area contributed by atoms with Gasteiger partial charge < -0.3 is 9.84 Å². The standard InChI is InChI=1S/C43H32Cl3N3O6/c1-55-26-13-6-22(7-14-26)43-33(40(52)49(42(43)54)47-35-18-10-24(45)20-34(35)46)21-32-30(38(43)29-17-19-36(50)28-5-3-2-4-27(28)29)15-16-31-37(32)41(53)48(39(31)51)25-11-8-23(44)9-12-25/h2-15,17-20,31-33,37-38,47,50H,16,21H2,1H3. The number of allylic oxidation sites excluding steroid dienone is 2. The van der Waals surface area contributed by atoms with Crippen LogP contribution in [0.2, 0.25) is 15.1 Å². The van der Waals surface area contributed by atoms with E-state index in [2.05, 4.69) is 5.43 Å². The summed E-state index contributed by atoms with van der Waals surface area (Å²) in [6.07, 6.45) is 2.36. The van der Waals surface area contributed by atoms with Crippen LogP contribution >= 0.6 is 34.8 Å². The van der Waals surface area contributed by atoms with E-state index in [1.165, 1.54) is 11.0 Å². The quantitative estimate of drug-likeness (QED) is 0.131. The van der Waals surface area contributed by atoms with Crippen molar-refractivity contribution in [2.75, 3.05) is 17.4 Å². The minimum Gasteiger partial charge on any atom is -0.507 e. The fourth-order valence-corrected chi connectivity index (χ4v) is 10.2. The number of rotatable bonds is 6. The lowest BCUT2D eigenvalue weighted by Crippen LogP contribution is -2.53. The molecule has 0 bridgehead atoms. The van der Waals surface area contributed by atoms with Gasteiger partial charge in [-0.05, 0) is 95.9 Å². The molecule has 5 aromatic carbocycles. The number of benzene rings is 5. The van der Waals surface area contributed by atoms with Gasteiger partial charge in [-0.2, -0.15) is 5.01 Å². The van der Waals surface area contributed by atoms with Crippen LogP contribution in [0.15, 0.2) is 115 Å². The molecule has 2 N–H and O–H groups in total. The number of ether oxygens (including phenoxy) is 1. The molecule has 0 radical (unpaired) electrons. The molecule has 55 heavy (non-hydrogen) atoms. The van der Waals surface area contributed by atoms with E-state index in [1.54, 1.807) is 73.8 Å². The zero-order chi connectivity index (χ0) is 38.3. The number of aromatic hydroxyl groups is 1. The third-order valence-electron chi connectivity index (χ3n) is 11.9. The highest BCUT2D eigenvalue weighted by molar-refractivity contribution is 6.36. The summed E-state index contributed by atoms with van der Waals surface area (Å²) in [4.78, 5) is 60.6. The molecule has 0 aromatic heterocycles. The van der Waals surface area contributed by atoms with Gasteiger partial charge in [0.25, 0.3) is 11.8 Å². The molecular weight excluding hydrogens is 761 g/mol. The lowest BCUT2D eigenvalue weighted by Gasteiger charge is -2.51. The first-order chi connectivity index (χ1) is 26.5. The number of imide groups is 2. The van der Waals surface area contributed by atoms with Gasteiger partial charge in [0.05, 0.1) is 46.7 Å². The predicted octanol–water partition coefficient (Wildman–Crippen LogP) is 8.70. The smallest absolute Gasteiger partial charge is 0.260 e. The van der Waals surface area contributed by atoms with Crippen molar-refractivity contribution in [2.45, 2.75) is 24.2 Å². The number of fused-ring (bicyclic) bond motifs is 5. The van der Waals surface area contributed by atoms with Gasteiger partial charge in [0.1, 0.15) is 11.5 Å². The number of amides is 4. The second-order valence-corrected chi connectivity index (χ2v) is 15.7. The van der Waals surface area contributed by atoms with E-state index in [4.69, 9.17) is 39.5 Å². The zero-order valence-corrected chi connectivity index (χ0v) is 31.5. The van der Waals surface area contributed by atoms with Crippen molar-refractivity contribution in [1.82, 2.24) is 5.01 Å². The number of methoxy groups -OCH3 is 1. The molecule has 2 aliphatic carbocycles. The van der Waals surface area contributed by atoms with Crippen LogP contribution in [0.1, 0.15) is 29.9 Å². The van der Waals surface area contributed by atoms with Gasteiger partial charge in [0.2, 0.25) is 11.8 Å². The van der Waals surface area contributed by atoms with Crippen molar-refractivity contribution in [3.63, 3.8) is 0 Å². The summed E-state index contributed by atoms with van der Waals surface area (Å²) in [6, 6.07) is 29.2. The largest absolute Gasteiger partial charge is 0.507 e. The zero-order valence-electron chi connectivity index (χ0n) is 29.2. The van der Waals surface area contributed by atoms with Crippen LogP contribution < -0.4 is 15.1 Å². The molecular formula is C43H32Cl3N3O6. The first kappa shape index (κ1) is 35.4. The van der Waals surface area contributed by atoms with Gasteiger partial charge in [-0.3, -0.25) is 29.5 Å². The minimum absolute atomic E-state index is 0.0594. The molecule has 9 rings (SSSR count). The Hall–Kier alpha value is -5.35. The summed E-state index contributed by atoms with van der Waals surface area (Å²) < 4.78 is 5.51. The van der Waals surface area contributed by atoms with Crippen molar-refractivity contribution in [1.29, 1.82) is 0 Å². The van der Waals surface area contributed by atoms with Gasteiger partial charge in [-0.25, -0.2) is 0 Å². The number of anilines is 2. The van der Waals surface area contributed by atoms with Gasteiger partial charge >= 0.3 is 0 Å². The highest BCUT2D eigenvalue weighted by Gasteiger charge is 2.70. The molecule has 2 heterocycles. The molecule has 12 heteroatoms. The summed E-state index contributed by atoms with van der Waals surface area (Å²) >= 11 is 18.9. The minimum atomic E-state index is -1.55. The van der Waals surface area contributed by atoms with Crippen molar-refractivity contribution in [2.24, 2.45) is 23.7 Å². The third kappa shape index (κ3) is 5.20. The second kappa shape index (κ2) is 13.2. The van der Waals surface area contributed by atoms with E-state index in [9.17, 15) is 14.7 Å². The number of carbonyl (C=O) groups excluding carboxylic acids is 4. The number of hydrogen-bond donors (Lipinski definition) is 2. The maximum absolute atomic E-state index is 15.6. The van der Waals surface area contributed by atoms with Gasteiger partial charge in [0, 0.05) is 21.3 Å². The molecule has 276 valence electrons. The number of phenols is 1. The van der Waals surface area contributed by atoms with Crippen LogP contribution in [-0.4, -0.2) is 40.9 Å². The molecule has 4 aliphatic rings. The summed E-state index contributed by atoms with van der Waals surface area (Å²) in [7, 11) is 1.55. The number of carbonyl (C=O) groups is 4. The highest BCUT2D eigenvalue weighted by atomic mass is 35.5. The lowest BCUT2D eigenvalue weighted by atomic mass is 9.49. The maximum Gasteiger partial charge on any atom is 0.260 e. The van der Waals surface area contributed by atoms with Crippen molar-refractivity contribution >= 4 is 80.6 Å². The van der Waals surface area contributed by atoms with E-state index in [-0.39, 0.29) is 35.4 Å². The third-order valence-corrected chi connectivity index (χ3v) is 12.7. The summed E-state index contributed by atoms with van der Waals surface area (Å²) in [6.45, 7) is 0. The van der Waals surface area contributed by atoms with Crippen LogP contribution in [0.5, 0.6) is 11.5 Å². The number of hydrazine groups is 1. The van der Waals surface area contributed by atoms with Crippen LogP contribution in [0, 0.1) is 23.7 Å². The molecule has 3 fully saturated rings. The Balaban J connectivity index is 1.28. The van der Waals surface area contributed by atoms with E-state index in [1.807, 2.05) is 36.4 Å². The van der Waals surface area contributed by atoms with Crippen molar-refractivity contribution in [3.8, 4) is 11.5 Å². The topological polar surface area (TPSA) is 116 Å².